The number of methoxy groups -OCH3 is 1. The van der Waals surface area contributed by atoms with Gasteiger partial charge in [0, 0.05) is 12.1 Å². The van der Waals surface area contributed by atoms with E-state index >= 15 is 0 Å². The van der Waals surface area contributed by atoms with Crippen LogP contribution in [0.1, 0.15) is 67.8 Å². The number of nitrogens with one attached hydrogen (secondary N) is 2. The second-order valence-corrected chi connectivity index (χ2v) is 10.2. The molecular formula is C27H34N2O7. The lowest BCUT2D eigenvalue weighted by atomic mass is 10.0. The number of carbonyl (C=O) groups is 4. The quantitative estimate of drug-likeness (QED) is 0.426. The summed E-state index contributed by atoms with van der Waals surface area (Å²) in [5.74, 6) is -1.49. The number of hydrogen-bond donors (Lipinski definition) is 2. The molecule has 2 aromatic carbocycles. The van der Waals surface area contributed by atoms with Crippen molar-refractivity contribution < 1.29 is 33.4 Å². The number of rotatable bonds is 7. The van der Waals surface area contributed by atoms with Crippen LogP contribution in [0, 0.1) is 0 Å². The first-order valence-electron chi connectivity index (χ1n) is 11.5. The van der Waals surface area contributed by atoms with Crippen LogP contribution < -0.4 is 10.6 Å². The minimum Gasteiger partial charge on any atom is -0.465 e. The van der Waals surface area contributed by atoms with Crippen molar-refractivity contribution in [2.45, 2.75) is 65.2 Å². The fraction of sp³-hybridized carbons (Fsp3) is 0.407. The fourth-order valence-electron chi connectivity index (χ4n) is 3.09. The summed E-state index contributed by atoms with van der Waals surface area (Å²) in [6.45, 7) is 10.5. The monoisotopic (exact) mass is 498 g/mol. The van der Waals surface area contributed by atoms with Crippen molar-refractivity contribution in [3.63, 3.8) is 0 Å². The van der Waals surface area contributed by atoms with E-state index in [1.165, 1.54) is 7.11 Å². The van der Waals surface area contributed by atoms with Crippen LogP contribution in [0.15, 0.2) is 48.5 Å². The first-order chi connectivity index (χ1) is 16.7. The standard InChI is InChI=1S/C27H34N2O7/c1-26(2,3)35-24(32)18-11-13-20(14-12-18)28-22(30)21(29-25(33)36-27(4,5)6)16-17-9-8-10-19(15-17)23(31)34-7/h8-15,21H,16H2,1-7H3,(H,28,30)(H,29,33). The Bertz CT molecular complexity index is 1100. The molecule has 0 heterocycles. The lowest BCUT2D eigenvalue weighted by molar-refractivity contribution is -0.118. The molecule has 0 spiro atoms. The third-order valence-electron chi connectivity index (χ3n) is 4.58. The van der Waals surface area contributed by atoms with Crippen LogP contribution in [-0.2, 0) is 25.4 Å². The summed E-state index contributed by atoms with van der Waals surface area (Å²) in [5.41, 5.74) is 0.333. The van der Waals surface area contributed by atoms with E-state index in [-0.39, 0.29) is 6.42 Å². The molecule has 9 heteroatoms. The third kappa shape index (κ3) is 9.40. The van der Waals surface area contributed by atoms with E-state index in [1.807, 2.05) is 0 Å². The Morgan fingerprint density at radius 3 is 1.97 bits per heavy atom. The molecule has 2 aromatic rings. The van der Waals surface area contributed by atoms with Crippen molar-refractivity contribution in [1.29, 1.82) is 0 Å². The molecule has 0 saturated heterocycles. The molecule has 1 unspecified atom stereocenters. The predicted octanol–water partition coefficient (Wildman–Crippen LogP) is 4.50. The van der Waals surface area contributed by atoms with Crippen molar-refractivity contribution in [3.05, 3.63) is 65.2 Å². The van der Waals surface area contributed by atoms with E-state index in [0.29, 0.717) is 22.4 Å². The zero-order valence-corrected chi connectivity index (χ0v) is 21.8. The Balaban J connectivity index is 2.21. The normalized spacial score (nSPS) is 12.2. The molecule has 0 aliphatic heterocycles. The van der Waals surface area contributed by atoms with Crippen LogP contribution in [0.25, 0.3) is 0 Å². The molecule has 2 rings (SSSR count). The van der Waals surface area contributed by atoms with Gasteiger partial charge in [0.15, 0.2) is 0 Å². The van der Waals surface area contributed by atoms with Crippen LogP contribution in [-0.4, -0.2) is 48.3 Å². The average molecular weight is 499 g/mol. The van der Waals surface area contributed by atoms with Gasteiger partial charge in [-0.1, -0.05) is 12.1 Å². The highest BCUT2D eigenvalue weighted by molar-refractivity contribution is 5.97. The number of alkyl carbamates (subject to hydrolysis) is 1. The van der Waals surface area contributed by atoms with Crippen molar-refractivity contribution in [3.8, 4) is 0 Å². The minimum atomic E-state index is -1.02. The van der Waals surface area contributed by atoms with Crippen molar-refractivity contribution in [2.24, 2.45) is 0 Å². The molecule has 2 N–H and O–H groups in total. The van der Waals surface area contributed by atoms with Crippen LogP contribution in [0.3, 0.4) is 0 Å². The highest BCUT2D eigenvalue weighted by Crippen LogP contribution is 2.16. The zero-order chi connectivity index (χ0) is 27.1. The summed E-state index contributed by atoms with van der Waals surface area (Å²) in [6, 6.07) is 11.8. The first-order valence-corrected chi connectivity index (χ1v) is 11.5. The topological polar surface area (TPSA) is 120 Å². The smallest absolute Gasteiger partial charge is 0.408 e. The van der Waals surface area contributed by atoms with Gasteiger partial charge in [-0.15, -0.1) is 0 Å². The summed E-state index contributed by atoms with van der Waals surface area (Å²) in [7, 11) is 1.28. The molecule has 0 aromatic heterocycles. The molecular weight excluding hydrogens is 464 g/mol. The van der Waals surface area contributed by atoms with Gasteiger partial charge in [-0.05, 0) is 83.5 Å². The molecule has 0 fully saturated rings. The highest BCUT2D eigenvalue weighted by atomic mass is 16.6. The second kappa shape index (κ2) is 11.7. The Morgan fingerprint density at radius 1 is 0.806 bits per heavy atom. The summed E-state index contributed by atoms with van der Waals surface area (Å²) in [6.07, 6.45) is -0.668. The van der Waals surface area contributed by atoms with E-state index in [0.717, 1.165) is 0 Å². The number of hydrogen-bond acceptors (Lipinski definition) is 7. The maximum absolute atomic E-state index is 13.1. The Hall–Kier alpha value is -3.88. The zero-order valence-electron chi connectivity index (χ0n) is 21.8. The number of anilines is 1. The summed E-state index contributed by atoms with van der Waals surface area (Å²) in [5, 5.41) is 5.34. The van der Waals surface area contributed by atoms with Gasteiger partial charge in [0.1, 0.15) is 17.2 Å². The second-order valence-electron chi connectivity index (χ2n) is 10.2. The lowest BCUT2D eigenvalue weighted by Gasteiger charge is -2.23. The Kier molecular flexibility index (Phi) is 9.22. The summed E-state index contributed by atoms with van der Waals surface area (Å²) >= 11 is 0. The van der Waals surface area contributed by atoms with Gasteiger partial charge in [-0.2, -0.15) is 0 Å². The number of benzene rings is 2. The van der Waals surface area contributed by atoms with Crippen molar-refractivity contribution >= 4 is 29.6 Å². The van der Waals surface area contributed by atoms with Crippen LogP contribution in [0.5, 0.6) is 0 Å². The van der Waals surface area contributed by atoms with Gasteiger partial charge in [-0.25, -0.2) is 14.4 Å². The van der Waals surface area contributed by atoms with Crippen molar-refractivity contribution in [2.75, 3.05) is 12.4 Å². The molecule has 2 amide bonds. The molecule has 36 heavy (non-hydrogen) atoms. The Morgan fingerprint density at radius 2 is 1.42 bits per heavy atom. The number of carbonyl (C=O) groups excluding carboxylic acids is 4. The van der Waals surface area contributed by atoms with E-state index in [9.17, 15) is 19.2 Å². The molecule has 9 nitrogen and oxygen atoms in total. The lowest BCUT2D eigenvalue weighted by Crippen LogP contribution is -2.47. The van der Waals surface area contributed by atoms with Gasteiger partial charge in [0.2, 0.25) is 5.91 Å². The first kappa shape index (κ1) is 28.4. The molecule has 0 saturated carbocycles. The summed E-state index contributed by atoms with van der Waals surface area (Å²) in [4.78, 5) is 49.7. The highest BCUT2D eigenvalue weighted by Gasteiger charge is 2.25. The molecule has 0 aliphatic rings. The number of esters is 2. The van der Waals surface area contributed by atoms with E-state index in [1.54, 1.807) is 90.1 Å². The average Bonchev–Trinajstić information content (AvgIpc) is 2.76. The number of amides is 2. The molecule has 194 valence electrons. The van der Waals surface area contributed by atoms with Gasteiger partial charge >= 0.3 is 18.0 Å². The van der Waals surface area contributed by atoms with Gasteiger partial charge < -0.3 is 24.8 Å². The SMILES string of the molecule is COC(=O)c1cccc(CC(NC(=O)OC(C)(C)C)C(=O)Nc2ccc(C(=O)OC(C)(C)C)cc2)c1. The summed E-state index contributed by atoms with van der Waals surface area (Å²) < 4.78 is 15.4. The van der Waals surface area contributed by atoms with Gasteiger partial charge in [-0.3, -0.25) is 4.79 Å². The maximum atomic E-state index is 13.1. The van der Waals surface area contributed by atoms with Gasteiger partial charge in [0.05, 0.1) is 18.2 Å². The van der Waals surface area contributed by atoms with Crippen LogP contribution >= 0.6 is 0 Å². The molecule has 1 atom stereocenters. The molecule has 0 bridgehead atoms. The van der Waals surface area contributed by atoms with E-state index in [4.69, 9.17) is 14.2 Å². The molecule has 0 aliphatic carbocycles. The largest absolute Gasteiger partial charge is 0.465 e. The third-order valence-corrected chi connectivity index (χ3v) is 4.58. The van der Waals surface area contributed by atoms with Gasteiger partial charge in [0.25, 0.3) is 0 Å². The van der Waals surface area contributed by atoms with E-state index < -0.39 is 41.2 Å². The Labute approximate surface area is 211 Å². The minimum absolute atomic E-state index is 0.0892. The van der Waals surface area contributed by atoms with Crippen molar-refractivity contribution in [1.82, 2.24) is 5.32 Å². The maximum Gasteiger partial charge on any atom is 0.408 e. The predicted molar refractivity (Wildman–Crippen MR) is 135 cm³/mol. The molecule has 0 radical (unpaired) electrons. The van der Waals surface area contributed by atoms with E-state index in [2.05, 4.69) is 10.6 Å². The van der Waals surface area contributed by atoms with Crippen LogP contribution in [0.2, 0.25) is 0 Å². The fourth-order valence-corrected chi connectivity index (χ4v) is 3.09. The van der Waals surface area contributed by atoms with Crippen LogP contribution in [0.4, 0.5) is 10.5 Å². The number of ether oxygens (including phenoxy) is 3.